The second-order valence-electron chi connectivity index (χ2n) is 6.52. The van der Waals surface area contributed by atoms with E-state index in [1.165, 1.54) is 11.3 Å². The van der Waals surface area contributed by atoms with Crippen LogP contribution < -0.4 is 10.1 Å². The Kier molecular flexibility index (Phi) is 6.37. The van der Waals surface area contributed by atoms with Gasteiger partial charge < -0.3 is 10.1 Å². The molecule has 2 aromatic heterocycles. The topological polar surface area (TPSA) is 64.1 Å². The number of hydrogen-bond acceptors (Lipinski definition) is 5. The highest BCUT2D eigenvalue weighted by Gasteiger charge is 2.10. The van der Waals surface area contributed by atoms with Gasteiger partial charge in [-0.25, -0.2) is 4.98 Å². The van der Waals surface area contributed by atoms with Crippen LogP contribution in [0.5, 0.6) is 5.75 Å². The first-order chi connectivity index (χ1) is 14.7. The van der Waals surface area contributed by atoms with E-state index in [2.05, 4.69) is 15.3 Å². The Morgan fingerprint density at radius 1 is 1.07 bits per heavy atom. The van der Waals surface area contributed by atoms with E-state index in [0.717, 1.165) is 21.8 Å². The van der Waals surface area contributed by atoms with Crippen molar-refractivity contribution in [1.82, 2.24) is 9.97 Å². The van der Waals surface area contributed by atoms with E-state index in [9.17, 15) is 4.79 Å². The van der Waals surface area contributed by atoms with E-state index in [-0.39, 0.29) is 12.3 Å². The van der Waals surface area contributed by atoms with E-state index in [1.54, 1.807) is 12.4 Å². The second kappa shape index (κ2) is 9.52. The number of thiazole rings is 1. The third kappa shape index (κ3) is 5.23. The first-order valence-corrected chi connectivity index (χ1v) is 10.5. The van der Waals surface area contributed by atoms with Gasteiger partial charge in [-0.1, -0.05) is 29.8 Å². The number of nitrogens with one attached hydrogen (secondary N) is 1. The molecule has 2 aromatic carbocycles. The van der Waals surface area contributed by atoms with Crippen molar-refractivity contribution < 1.29 is 9.53 Å². The Morgan fingerprint density at radius 2 is 1.90 bits per heavy atom. The number of rotatable bonds is 7. The molecule has 0 aliphatic carbocycles. The predicted octanol–water partition coefficient (Wildman–Crippen LogP) is 5.62. The molecule has 0 aliphatic heterocycles. The molecule has 4 rings (SSSR count). The van der Waals surface area contributed by atoms with Gasteiger partial charge in [0.1, 0.15) is 17.4 Å². The fraction of sp³-hybridized carbons (Fsp3) is 0.0870. The molecule has 5 nitrogen and oxygen atoms in total. The molecular weight excluding hydrogens is 418 g/mol. The number of anilines is 1. The summed E-state index contributed by atoms with van der Waals surface area (Å²) in [5.74, 6) is 0.580. The zero-order valence-electron chi connectivity index (χ0n) is 15.9. The van der Waals surface area contributed by atoms with Crippen molar-refractivity contribution in [3.63, 3.8) is 0 Å². The molecular formula is C23H18ClN3O2S. The van der Waals surface area contributed by atoms with E-state index in [1.807, 2.05) is 66.0 Å². The van der Waals surface area contributed by atoms with Gasteiger partial charge in [-0.2, -0.15) is 0 Å². The summed E-state index contributed by atoms with van der Waals surface area (Å²) >= 11 is 7.64. The van der Waals surface area contributed by atoms with E-state index in [4.69, 9.17) is 16.3 Å². The standard InChI is InChI=1S/C23H18ClN3O2S/c24-21-6-2-1-4-17(21)14-29-20-9-7-18(8-10-20)26-22(28)12-19-15-30-23(27-19)16-5-3-11-25-13-16/h1-11,13,15H,12,14H2,(H,26,28). The van der Waals surface area contributed by atoms with Gasteiger partial charge in [0.15, 0.2) is 0 Å². The molecule has 1 N–H and O–H groups in total. The number of benzene rings is 2. The van der Waals surface area contributed by atoms with Crippen molar-refractivity contribution in [2.75, 3.05) is 5.32 Å². The van der Waals surface area contributed by atoms with Crippen LogP contribution in [0.3, 0.4) is 0 Å². The number of amides is 1. The van der Waals surface area contributed by atoms with E-state index in [0.29, 0.717) is 23.1 Å². The van der Waals surface area contributed by atoms with Gasteiger partial charge in [0, 0.05) is 39.6 Å². The van der Waals surface area contributed by atoms with Crippen LogP contribution in [-0.2, 0) is 17.8 Å². The summed E-state index contributed by atoms with van der Waals surface area (Å²) in [6.07, 6.45) is 3.69. The van der Waals surface area contributed by atoms with Gasteiger partial charge in [0.2, 0.25) is 5.91 Å². The second-order valence-corrected chi connectivity index (χ2v) is 7.78. The number of halogens is 1. The first-order valence-electron chi connectivity index (χ1n) is 9.28. The normalized spacial score (nSPS) is 10.6. The minimum Gasteiger partial charge on any atom is -0.489 e. The van der Waals surface area contributed by atoms with Crippen LogP contribution >= 0.6 is 22.9 Å². The molecule has 0 atom stereocenters. The number of carbonyl (C=O) groups excluding carboxylic acids is 1. The summed E-state index contributed by atoms with van der Waals surface area (Å²) in [7, 11) is 0. The zero-order chi connectivity index (χ0) is 20.8. The number of aromatic nitrogens is 2. The Bertz CT molecular complexity index is 1130. The smallest absolute Gasteiger partial charge is 0.230 e. The van der Waals surface area contributed by atoms with Crippen LogP contribution in [0.25, 0.3) is 10.6 Å². The Labute approximate surface area is 183 Å². The summed E-state index contributed by atoms with van der Waals surface area (Å²) in [6, 6.07) is 18.6. The molecule has 2 heterocycles. The van der Waals surface area contributed by atoms with E-state index >= 15 is 0 Å². The van der Waals surface area contributed by atoms with Gasteiger partial charge in [-0.3, -0.25) is 9.78 Å². The Balaban J connectivity index is 1.31. The average molecular weight is 436 g/mol. The maximum atomic E-state index is 12.4. The van der Waals surface area contributed by atoms with E-state index < -0.39 is 0 Å². The maximum absolute atomic E-state index is 12.4. The third-order valence-corrected chi connectivity index (χ3v) is 5.60. The van der Waals surface area contributed by atoms with Gasteiger partial charge in [-0.05, 0) is 42.5 Å². The molecule has 0 saturated carbocycles. The molecule has 4 aromatic rings. The molecule has 30 heavy (non-hydrogen) atoms. The maximum Gasteiger partial charge on any atom is 0.230 e. The highest BCUT2D eigenvalue weighted by atomic mass is 35.5. The van der Waals surface area contributed by atoms with Crippen molar-refractivity contribution in [3.05, 3.63) is 94.7 Å². The average Bonchev–Trinajstić information content (AvgIpc) is 3.23. The minimum absolute atomic E-state index is 0.122. The molecule has 150 valence electrons. The minimum atomic E-state index is -0.122. The molecule has 0 bridgehead atoms. The van der Waals surface area contributed by atoms with Crippen LogP contribution in [0.15, 0.2) is 78.4 Å². The summed E-state index contributed by atoms with van der Waals surface area (Å²) in [5, 5.41) is 6.31. The summed E-state index contributed by atoms with van der Waals surface area (Å²) < 4.78 is 5.76. The molecule has 0 radical (unpaired) electrons. The molecule has 0 spiro atoms. The largest absolute Gasteiger partial charge is 0.489 e. The van der Waals surface area contributed by atoms with Crippen molar-refractivity contribution in [2.45, 2.75) is 13.0 Å². The fourth-order valence-electron chi connectivity index (χ4n) is 2.79. The van der Waals surface area contributed by atoms with Crippen LogP contribution in [0.1, 0.15) is 11.3 Å². The fourth-order valence-corrected chi connectivity index (χ4v) is 3.79. The summed E-state index contributed by atoms with van der Waals surface area (Å²) in [6.45, 7) is 0.383. The van der Waals surface area contributed by atoms with Crippen molar-refractivity contribution >= 4 is 34.5 Å². The van der Waals surface area contributed by atoms with Gasteiger partial charge in [-0.15, -0.1) is 11.3 Å². The predicted molar refractivity (Wildman–Crippen MR) is 120 cm³/mol. The Morgan fingerprint density at radius 3 is 2.67 bits per heavy atom. The highest BCUT2D eigenvalue weighted by molar-refractivity contribution is 7.13. The molecule has 7 heteroatoms. The van der Waals surface area contributed by atoms with Crippen molar-refractivity contribution in [2.24, 2.45) is 0 Å². The van der Waals surface area contributed by atoms with Gasteiger partial charge in [0.25, 0.3) is 0 Å². The van der Waals surface area contributed by atoms with Crippen LogP contribution in [0, 0.1) is 0 Å². The first kappa shape index (κ1) is 20.1. The molecule has 0 saturated heterocycles. The molecule has 0 unspecified atom stereocenters. The summed E-state index contributed by atoms with van der Waals surface area (Å²) in [5.41, 5.74) is 3.30. The number of ether oxygens (including phenoxy) is 1. The van der Waals surface area contributed by atoms with Crippen molar-refractivity contribution in [1.29, 1.82) is 0 Å². The summed E-state index contributed by atoms with van der Waals surface area (Å²) in [4.78, 5) is 21.0. The third-order valence-electron chi connectivity index (χ3n) is 4.29. The van der Waals surface area contributed by atoms with Gasteiger partial charge in [0.05, 0.1) is 12.1 Å². The highest BCUT2D eigenvalue weighted by Crippen LogP contribution is 2.23. The number of pyridine rings is 1. The van der Waals surface area contributed by atoms with Gasteiger partial charge >= 0.3 is 0 Å². The zero-order valence-corrected chi connectivity index (χ0v) is 17.5. The quantitative estimate of drug-likeness (QED) is 0.409. The van der Waals surface area contributed by atoms with Crippen LogP contribution in [0.2, 0.25) is 5.02 Å². The lowest BCUT2D eigenvalue weighted by Gasteiger charge is -2.09. The van der Waals surface area contributed by atoms with Crippen LogP contribution in [0.4, 0.5) is 5.69 Å². The monoisotopic (exact) mass is 435 g/mol. The molecule has 1 amide bonds. The molecule has 0 aliphatic rings. The number of hydrogen-bond donors (Lipinski definition) is 1. The lowest BCUT2D eigenvalue weighted by atomic mass is 10.2. The number of carbonyl (C=O) groups is 1. The SMILES string of the molecule is O=C(Cc1csc(-c2cccnc2)n1)Nc1ccc(OCc2ccccc2Cl)cc1. The molecule has 0 fully saturated rings. The lowest BCUT2D eigenvalue weighted by Crippen LogP contribution is -2.14. The lowest BCUT2D eigenvalue weighted by molar-refractivity contribution is -0.115. The number of nitrogens with zero attached hydrogens (tertiary/aromatic N) is 2. The van der Waals surface area contributed by atoms with Crippen molar-refractivity contribution in [3.8, 4) is 16.3 Å². The Hall–Kier alpha value is -3.22. The van der Waals surface area contributed by atoms with Crippen LogP contribution in [-0.4, -0.2) is 15.9 Å².